The Morgan fingerprint density at radius 3 is 2.67 bits per heavy atom. The van der Waals surface area contributed by atoms with E-state index in [2.05, 4.69) is 17.4 Å². The van der Waals surface area contributed by atoms with Gasteiger partial charge in [0.1, 0.15) is 5.75 Å². The van der Waals surface area contributed by atoms with Crippen LogP contribution in [0.4, 0.5) is 0 Å². The SMILES string of the molecule is N#Cc1ccc(OCCCNCc2ccccc2)c(Cl)c1. The fraction of sp³-hybridized carbons (Fsp3) is 0.235. The number of halogens is 1. The summed E-state index contributed by atoms with van der Waals surface area (Å²) in [5, 5.41) is 12.6. The molecule has 0 saturated heterocycles. The van der Waals surface area contributed by atoms with E-state index in [0.717, 1.165) is 19.5 Å². The van der Waals surface area contributed by atoms with Gasteiger partial charge in [0.2, 0.25) is 0 Å². The molecule has 1 N–H and O–H groups in total. The molecule has 0 saturated carbocycles. The molecule has 3 nitrogen and oxygen atoms in total. The van der Waals surface area contributed by atoms with Gasteiger partial charge in [-0.3, -0.25) is 0 Å². The van der Waals surface area contributed by atoms with Crippen molar-refractivity contribution >= 4 is 11.6 Å². The van der Waals surface area contributed by atoms with E-state index >= 15 is 0 Å². The van der Waals surface area contributed by atoms with E-state index in [9.17, 15) is 0 Å². The average molecular weight is 301 g/mol. The van der Waals surface area contributed by atoms with Crippen LogP contribution in [0.3, 0.4) is 0 Å². The largest absolute Gasteiger partial charge is 0.492 e. The smallest absolute Gasteiger partial charge is 0.137 e. The van der Waals surface area contributed by atoms with Crippen LogP contribution in [0.15, 0.2) is 48.5 Å². The maximum absolute atomic E-state index is 8.76. The number of ether oxygens (including phenoxy) is 1. The summed E-state index contributed by atoms with van der Waals surface area (Å²) in [5.41, 5.74) is 1.81. The van der Waals surface area contributed by atoms with Gasteiger partial charge in [0.05, 0.1) is 23.3 Å². The summed E-state index contributed by atoms with van der Waals surface area (Å²) in [7, 11) is 0. The Morgan fingerprint density at radius 1 is 1.14 bits per heavy atom. The minimum absolute atomic E-state index is 0.478. The molecule has 0 aromatic heterocycles. The number of rotatable bonds is 7. The maximum Gasteiger partial charge on any atom is 0.137 e. The van der Waals surface area contributed by atoms with Crippen LogP contribution in [0.5, 0.6) is 5.75 Å². The van der Waals surface area contributed by atoms with Crippen LogP contribution in [-0.2, 0) is 6.54 Å². The molecule has 0 aliphatic rings. The highest BCUT2D eigenvalue weighted by atomic mass is 35.5. The number of nitrogens with zero attached hydrogens (tertiary/aromatic N) is 1. The van der Waals surface area contributed by atoms with Crippen LogP contribution >= 0.6 is 11.6 Å². The number of nitriles is 1. The van der Waals surface area contributed by atoms with Crippen molar-refractivity contribution in [1.29, 1.82) is 5.26 Å². The lowest BCUT2D eigenvalue weighted by Gasteiger charge is -2.09. The third-order valence-electron chi connectivity index (χ3n) is 2.99. The van der Waals surface area contributed by atoms with E-state index in [4.69, 9.17) is 21.6 Å². The molecule has 0 atom stereocenters. The fourth-order valence-corrected chi connectivity index (χ4v) is 2.13. The Kier molecular flexibility index (Phi) is 6.08. The number of benzene rings is 2. The molecule has 2 rings (SSSR count). The van der Waals surface area contributed by atoms with Crippen molar-refractivity contribution < 1.29 is 4.74 Å². The first-order chi connectivity index (χ1) is 10.3. The monoisotopic (exact) mass is 300 g/mol. The van der Waals surface area contributed by atoms with Crippen LogP contribution < -0.4 is 10.1 Å². The van der Waals surface area contributed by atoms with Gasteiger partial charge >= 0.3 is 0 Å². The summed E-state index contributed by atoms with van der Waals surface area (Å²) in [6.45, 7) is 2.33. The van der Waals surface area contributed by atoms with E-state index in [-0.39, 0.29) is 0 Å². The molecule has 2 aromatic rings. The van der Waals surface area contributed by atoms with E-state index in [1.165, 1.54) is 5.56 Å². The van der Waals surface area contributed by atoms with Gasteiger partial charge in [-0.2, -0.15) is 5.26 Å². The van der Waals surface area contributed by atoms with Crippen LogP contribution in [0.2, 0.25) is 5.02 Å². The summed E-state index contributed by atoms with van der Waals surface area (Å²) in [6, 6.07) is 17.4. The van der Waals surface area contributed by atoms with Gasteiger partial charge in [0, 0.05) is 6.54 Å². The molecule has 0 bridgehead atoms. The molecular formula is C17H17ClN2O. The molecule has 4 heteroatoms. The molecule has 0 aliphatic carbocycles. The predicted octanol–water partition coefficient (Wildman–Crippen LogP) is 3.77. The number of hydrogen-bond donors (Lipinski definition) is 1. The van der Waals surface area contributed by atoms with Crippen LogP contribution in [0.25, 0.3) is 0 Å². The molecule has 108 valence electrons. The quantitative estimate of drug-likeness (QED) is 0.792. The molecule has 21 heavy (non-hydrogen) atoms. The lowest BCUT2D eigenvalue weighted by atomic mass is 10.2. The highest BCUT2D eigenvalue weighted by molar-refractivity contribution is 6.32. The Hall–Kier alpha value is -2.02. The summed E-state index contributed by atoms with van der Waals surface area (Å²) < 4.78 is 5.61. The van der Waals surface area contributed by atoms with Crippen molar-refractivity contribution in [1.82, 2.24) is 5.32 Å². The van der Waals surface area contributed by atoms with Crippen molar-refractivity contribution in [3.8, 4) is 11.8 Å². The molecule has 0 heterocycles. The number of nitrogens with one attached hydrogen (secondary N) is 1. The van der Waals surface area contributed by atoms with Gasteiger partial charge < -0.3 is 10.1 Å². The zero-order valence-electron chi connectivity index (χ0n) is 11.7. The minimum Gasteiger partial charge on any atom is -0.492 e. The molecule has 0 fully saturated rings. The second-order valence-corrected chi connectivity index (χ2v) is 5.03. The summed E-state index contributed by atoms with van der Waals surface area (Å²) in [5.74, 6) is 0.624. The topological polar surface area (TPSA) is 45.0 Å². The first-order valence-corrected chi connectivity index (χ1v) is 7.24. The summed E-state index contributed by atoms with van der Waals surface area (Å²) in [6.07, 6.45) is 0.892. The zero-order valence-corrected chi connectivity index (χ0v) is 12.4. The standard InChI is InChI=1S/C17H17ClN2O/c18-16-11-15(12-19)7-8-17(16)21-10-4-9-20-13-14-5-2-1-3-6-14/h1-3,5-8,11,20H,4,9-10,13H2. The van der Waals surface area contributed by atoms with Gasteiger partial charge in [-0.15, -0.1) is 0 Å². The van der Waals surface area contributed by atoms with Crippen molar-refractivity contribution in [2.24, 2.45) is 0 Å². The van der Waals surface area contributed by atoms with E-state index in [1.54, 1.807) is 18.2 Å². The van der Waals surface area contributed by atoms with Crippen molar-refractivity contribution in [2.75, 3.05) is 13.2 Å². The molecular weight excluding hydrogens is 284 g/mol. The molecule has 0 spiro atoms. The predicted molar refractivity (Wildman–Crippen MR) is 84.4 cm³/mol. The third kappa shape index (κ3) is 5.11. The Balaban J connectivity index is 1.65. The molecule has 0 unspecified atom stereocenters. The Labute approximate surface area is 130 Å². The third-order valence-corrected chi connectivity index (χ3v) is 3.28. The van der Waals surface area contributed by atoms with Gasteiger partial charge in [-0.05, 0) is 36.7 Å². The minimum atomic E-state index is 0.478. The summed E-state index contributed by atoms with van der Waals surface area (Å²) >= 11 is 6.04. The van der Waals surface area contributed by atoms with Crippen LogP contribution in [-0.4, -0.2) is 13.2 Å². The van der Waals surface area contributed by atoms with Crippen molar-refractivity contribution in [2.45, 2.75) is 13.0 Å². The maximum atomic E-state index is 8.76. The lowest BCUT2D eigenvalue weighted by Crippen LogP contribution is -2.17. The molecule has 0 aliphatic heterocycles. The molecule has 0 radical (unpaired) electrons. The Morgan fingerprint density at radius 2 is 1.95 bits per heavy atom. The van der Waals surface area contributed by atoms with E-state index in [0.29, 0.717) is 22.9 Å². The average Bonchev–Trinajstić information content (AvgIpc) is 2.53. The van der Waals surface area contributed by atoms with Crippen molar-refractivity contribution in [3.63, 3.8) is 0 Å². The van der Waals surface area contributed by atoms with Gasteiger partial charge in [0.25, 0.3) is 0 Å². The summed E-state index contributed by atoms with van der Waals surface area (Å²) in [4.78, 5) is 0. The van der Waals surface area contributed by atoms with Gasteiger partial charge in [0.15, 0.2) is 0 Å². The first-order valence-electron chi connectivity index (χ1n) is 6.86. The van der Waals surface area contributed by atoms with Crippen LogP contribution in [0.1, 0.15) is 17.5 Å². The van der Waals surface area contributed by atoms with Gasteiger partial charge in [-0.25, -0.2) is 0 Å². The highest BCUT2D eigenvalue weighted by Gasteiger charge is 2.02. The highest BCUT2D eigenvalue weighted by Crippen LogP contribution is 2.25. The molecule has 0 amide bonds. The van der Waals surface area contributed by atoms with Gasteiger partial charge in [-0.1, -0.05) is 41.9 Å². The fourth-order valence-electron chi connectivity index (χ4n) is 1.90. The van der Waals surface area contributed by atoms with Crippen LogP contribution in [0, 0.1) is 11.3 Å². The first kappa shape index (κ1) is 15.4. The van der Waals surface area contributed by atoms with E-state index < -0.39 is 0 Å². The Bertz CT molecular complexity index is 608. The zero-order chi connectivity index (χ0) is 14.9. The normalized spacial score (nSPS) is 10.1. The molecule has 2 aromatic carbocycles. The second kappa shape index (κ2) is 8.31. The second-order valence-electron chi connectivity index (χ2n) is 4.62. The lowest BCUT2D eigenvalue weighted by molar-refractivity contribution is 0.308. The van der Waals surface area contributed by atoms with E-state index in [1.807, 2.05) is 24.3 Å². The van der Waals surface area contributed by atoms with Crippen molar-refractivity contribution in [3.05, 3.63) is 64.7 Å². The number of hydrogen-bond acceptors (Lipinski definition) is 3.